The third-order valence-electron chi connectivity index (χ3n) is 5.73. The summed E-state index contributed by atoms with van der Waals surface area (Å²) < 4.78 is 29.0. The van der Waals surface area contributed by atoms with Gasteiger partial charge in [-0.15, -0.1) is 0 Å². The molecule has 2 aromatic heterocycles. The molecule has 2 atom stereocenters. The van der Waals surface area contributed by atoms with Crippen molar-refractivity contribution in [1.29, 1.82) is 0 Å². The van der Waals surface area contributed by atoms with Gasteiger partial charge in [0, 0.05) is 31.8 Å². The molecule has 2 fully saturated rings. The second kappa shape index (κ2) is 7.62. The highest BCUT2D eigenvalue weighted by molar-refractivity contribution is 5.93. The fourth-order valence-corrected chi connectivity index (χ4v) is 3.67. The summed E-state index contributed by atoms with van der Waals surface area (Å²) in [6.07, 6.45) is 3.74. The number of likely N-dealkylation sites (tertiary alicyclic amines) is 1. The van der Waals surface area contributed by atoms with Gasteiger partial charge in [-0.3, -0.25) is 14.5 Å². The SMILES string of the molecule is CC(C(=O)Nc1ccc(C2CC2)cn1)N1CCC(F)(F)[C@@H](c2ccc(=O)[nH]n2)C1. The molecule has 0 bridgehead atoms. The zero-order chi connectivity index (χ0) is 20.6. The van der Waals surface area contributed by atoms with Gasteiger partial charge < -0.3 is 5.32 Å². The number of aromatic amines is 1. The van der Waals surface area contributed by atoms with Gasteiger partial charge in [0.15, 0.2) is 0 Å². The molecule has 1 aliphatic carbocycles. The van der Waals surface area contributed by atoms with Crippen molar-refractivity contribution in [3.63, 3.8) is 0 Å². The van der Waals surface area contributed by atoms with Crippen LogP contribution in [0.3, 0.4) is 0 Å². The van der Waals surface area contributed by atoms with E-state index in [0.717, 1.165) is 0 Å². The van der Waals surface area contributed by atoms with Gasteiger partial charge in [0.1, 0.15) is 5.82 Å². The summed E-state index contributed by atoms with van der Waals surface area (Å²) in [5.74, 6) is -3.42. The minimum Gasteiger partial charge on any atom is -0.309 e. The summed E-state index contributed by atoms with van der Waals surface area (Å²) in [4.78, 5) is 29.8. The number of nitrogens with one attached hydrogen (secondary N) is 2. The van der Waals surface area contributed by atoms with E-state index in [1.54, 1.807) is 24.1 Å². The summed E-state index contributed by atoms with van der Waals surface area (Å²) in [5, 5.41) is 8.75. The first-order valence-corrected chi connectivity index (χ1v) is 9.78. The Morgan fingerprint density at radius 2 is 2.10 bits per heavy atom. The minimum atomic E-state index is -2.96. The van der Waals surface area contributed by atoms with E-state index in [-0.39, 0.29) is 31.1 Å². The fraction of sp³-hybridized carbons (Fsp3) is 0.500. The lowest BCUT2D eigenvalue weighted by molar-refractivity contribution is -0.125. The number of piperidine rings is 1. The van der Waals surface area contributed by atoms with E-state index < -0.39 is 23.4 Å². The van der Waals surface area contributed by atoms with Crippen LogP contribution in [0.25, 0.3) is 0 Å². The maximum Gasteiger partial charge on any atom is 0.264 e. The normalized spacial score (nSPS) is 22.8. The number of anilines is 1. The molecule has 3 heterocycles. The fourth-order valence-electron chi connectivity index (χ4n) is 3.67. The first-order chi connectivity index (χ1) is 13.8. The lowest BCUT2D eigenvalue weighted by Crippen LogP contribution is -2.52. The number of nitrogens with zero attached hydrogens (tertiary/aromatic N) is 3. The summed E-state index contributed by atoms with van der Waals surface area (Å²) >= 11 is 0. The number of H-pyrrole nitrogens is 1. The molecule has 2 aliphatic rings. The van der Waals surface area contributed by atoms with Crippen LogP contribution < -0.4 is 10.9 Å². The quantitative estimate of drug-likeness (QED) is 0.801. The number of alkyl halides is 2. The van der Waals surface area contributed by atoms with Crippen LogP contribution in [0.2, 0.25) is 0 Å². The first kappa shape index (κ1) is 19.6. The third kappa shape index (κ3) is 4.34. The Morgan fingerprint density at radius 3 is 2.72 bits per heavy atom. The number of aromatic nitrogens is 3. The van der Waals surface area contributed by atoms with Crippen molar-refractivity contribution in [3.8, 4) is 0 Å². The second-order valence-electron chi connectivity index (χ2n) is 7.82. The monoisotopic (exact) mass is 403 g/mol. The molecule has 1 aliphatic heterocycles. The van der Waals surface area contributed by atoms with Crippen LogP contribution in [-0.4, -0.2) is 51.0 Å². The van der Waals surface area contributed by atoms with Crippen LogP contribution in [0, 0.1) is 0 Å². The number of halogens is 2. The van der Waals surface area contributed by atoms with Gasteiger partial charge in [-0.05, 0) is 43.4 Å². The van der Waals surface area contributed by atoms with Gasteiger partial charge in [-0.1, -0.05) is 6.07 Å². The van der Waals surface area contributed by atoms with Gasteiger partial charge in [0.05, 0.1) is 17.7 Å². The first-order valence-electron chi connectivity index (χ1n) is 9.78. The molecule has 0 spiro atoms. The van der Waals surface area contributed by atoms with E-state index in [0.29, 0.717) is 11.7 Å². The second-order valence-corrected chi connectivity index (χ2v) is 7.82. The number of carbonyl (C=O) groups is 1. The molecular formula is C20H23F2N5O2. The van der Waals surface area contributed by atoms with Crippen molar-refractivity contribution in [1.82, 2.24) is 20.1 Å². The van der Waals surface area contributed by atoms with E-state index in [1.807, 2.05) is 6.07 Å². The van der Waals surface area contributed by atoms with E-state index in [4.69, 9.17) is 0 Å². The Labute approximate surface area is 166 Å². The average molecular weight is 403 g/mol. The number of hydrogen-bond donors (Lipinski definition) is 2. The summed E-state index contributed by atoms with van der Waals surface area (Å²) in [6, 6.07) is 5.63. The highest BCUT2D eigenvalue weighted by atomic mass is 19.3. The van der Waals surface area contributed by atoms with E-state index in [1.165, 1.54) is 30.5 Å². The van der Waals surface area contributed by atoms with Crippen LogP contribution in [0.15, 0.2) is 35.3 Å². The van der Waals surface area contributed by atoms with Crippen LogP contribution in [-0.2, 0) is 4.79 Å². The van der Waals surface area contributed by atoms with E-state index >= 15 is 0 Å². The van der Waals surface area contributed by atoms with Crippen molar-refractivity contribution in [2.75, 3.05) is 18.4 Å². The van der Waals surface area contributed by atoms with Crippen molar-refractivity contribution in [2.45, 2.75) is 50.0 Å². The lowest BCUT2D eigenvalue weighted by atomic mass is 9.89. The molecule has 1 saturated carbocycles. The molecule has 4 rings (SSSR count). The number of carbonyl (C=O) groups excluding carboxylic acids is 1. The third-order valence-corrected chi connectivity index (χ3v) is 5.73. The predicted molar refractivity (Wildman–Crippen MR) is 103 cm³/mol. The molecule has 2 N–H and O–H groups in total. The molecule has 29 heavy (non-hydrogen) atoms. The lowest BCUT2D eigenvalue weighted by Gasteiger charge is -2.40. The Kier molecular flexibility index (Phi) is 5.16. The van der Waals surface area contributed by atoms with Crippen LogP contribution in [0.1, 0.15) is 49.3 Å². The zero-order valence-electron chi connectivity index (χ0n) is 16.1. The van der Waals surface area contributed by atoms with Gasteiger partial charge in [0.2, 0.25) is 5.91 Å². The Bertz CT molecular complexity index is 922. The van der Waals surface area contributed by atoms with Gasteiger partial charge in [-0.25, -0.2) is 18.9 Å². The van der Waals surface area contributed by atoms with E-state index in [2.05, 4.69) is 20.5 Å². The Balaban J connectivity index is 1.43. The van der Waals surface area contributed by atoms with Crippen LogP contribution >= 0.6 is 0 Å². The summed E-state index contributed by atoms with van der Waals surface area (Å²) in [7, 11) is 0. The largest absolute Gasteiger partial charge is 0.309 e. The Morgan fingerprint density at radius 1 is 1.31 bits per heavy atom. The molecule has 154 valence electrons. The van der Waals surface area contributed by atoms with Crippen molar-refractivity contribution in [2.24, 2.45) is 0 Å². The van der Waals surface area contributed by atoms with Crippen LogP contribution in [0.5, 0.6) is 0 Å². The molecule has 1 saturated heterocycles. The van der Waals surface area contributed by atoms with E-state index in [9.17, 15) is 18.4 Å². The molecule has 0 radical (unpaired) electrons. The van der Waals surface area contributed by atoms with Crippen molar-refractivity contribution in [3.05, 3.63) is 52.1 Å². The number of hydrogen-bond acceptors (Lipinski definition) is 5. The molecule has 9 heteroatoms. The molecule has 1 amide bonds. The predicted octanol–water partition coefficient (Wildman–Crippen LogP) is 2.49. The highest BCUT2D eigenvalue weighted by Crippen LogP contribution is 2.40. The maximum atomic E-state index is 14.5. The molecule has 1 unspecified atom stereocenters. The molecule has 2 aromatic rings. The Hall–Kier alpha value is -2.68. The average Bonchev–Trinajstić information content (AvgIpc) is 3.54. The summed E-state index contributed by atoms with van der Waals surface area (Å²) in [5.41, 5.74) is 0.840. The van der Waals surface area contributed by atoms with Crippen molar-refractivity contribution >= 4 is 11.7 Å². The minimum absolute atomic E-state index is 0.0331. The molecule has 7 nitrogen and oxygen atoms in total. The van der Waals surface area contributed by atoms with Crippen molar-refractivity contribution < 1.29 is 13.6 Å². The standard InChI is InChI=1S/C20H23F2N5O2/c1-12(19(29)24-17-6-4-14(10-23-17)13-2-3-13)27-9-8-20(21,22)15(11-27)16-5-7-18(28)26-25-16/h4-7,10,12-13,15H,2-3,8-9,11H2,1H3,(H,26,28)(H,23,24,29)/t12?,15-/m1/s1. The highest BCUT2D eigenvalue weighted by Gasteiger charge is 2.47. The summed E-state index contributed by atoms with van der Waals surface area (Å²) in [6.45, 7) is 1.75. The maximum absolute atomic E-state index is 14.5. The van der Waals surface area contributed by atoms with Gasteiger partial charge in [-0.2, -0.15) is 5.10 Å². The number of pyridine rings is 1. The van der Waals surface area contributed by atoms with Gasteiger partial charge >= 0.3 is 0 Å². The molecular weight excluding hydrogens is 380 g/mol. The number of rotatable bonds is 5. The zero-order valence-corrected chi connectivity index (χ0v) is 16.1. The number of amides is 1. The smallest absolute Gasteiger partial charge is 0.264 e. The topological polar surface area (TPSA) is 91.0 Å². The van der Waals surface area contributed by atoms with Gasteiger partial charge in [0.25, 0.3) is 11.5 Å². The molecule has 0 aromatic carbocycles. The van der Waals surface area contributed by atoms with Crippen LogP contribution in [0.4, 0.5) is 14.6 Å².